The smallest absolute Gasteiger partial charge is 0.314 e. The molecule has 1 fully saturated rings. The van der Waals surface area contributed by atoms with Crippen LogP contribution in [0.1, 0.15) is 19.8 Å². The Balaban J connectivity index is 2.14. The van der Waals surface area contributed by atoms with E-state index in [2.05, 4.69) is 18.5 Å². The molecule has 0 radical (unpaired) electrons. The first-order chi connectivity index (χ1) is 7.63. The van der Waals surface area contributed by atoms with Gasteiger partial charge in [-0.25, -0.2) is 4.79 Å². The van der Waals surface area contributed by atoms with Crippen molar-refractivity contribution in [2.75, 3.05) is 31.6 Å². The fourth-order valence-electron chi connectivity index (χ4n) is 2.02. The molecule has 0 aromatic rings. The number of nitrogens with zero attached hydrogens (tertiary/aromatic N) is 1. The lowest BCUT2D eigenvalue weighted by Gasteiger charge is -2.31. The van der Waals surface area contributed by atoms with E-state index in [1.165, 1.54) is 5.75 Å². The second-order valence-electron chi connectivity index (χ2n) is 4.57. The summed E-state index contributed by atoms with van der Waals surface area (Å²) >= 11 is 1.89. The van der Waals surface area contributed by atoms with Crippen LogP contribution in [0, 0.1) is 5.92 Å². The second kappa shape index (κ2) is 7.01. The van der Waals surface area contributed by atoms with Gasteiger partial charge in [0.2, 0.25) is 0 Å². The van der Waals surface area contributed by atoms with E-state index in [4.69, 9.17) is 5.73 Å². The number of hydrogen-bond donors (Lipinski definition) is 2. The summed E-state index contributed by atoms with van der Waals surface area (Å²) in [5, 5.41) is 3.57. The Kier molecular flexibility index (Phi) is 5.98. The predicted molar refractivity (Wildman–Crippen MR) is 69.7 cm³/mol. The molecule has 2 amide bonds. The Morgan fingerprint density at radius 2 is 2.19 bits per heavy atom. The molecular weight excluding hydrogens is 222 g/mol. The van der Waals surface area contributed by atoms with Crippen LogP contribution in [-0.2, 0) is 0 Å². The molecule has 4 nitrogen and oxygen atoms in total. The molecule has 0 aliphatic carbocycles. The Labute approximate surface area is 102 Å². The summed E-state index contributed by atoms with van der Waals surface area (Å²) in [7, 11) is 0. The minimum atomic E-state index is -0.283. The number of nitrogens with two attached hydrogens (primary N) is 1. The van der Waals surface area contributed by atoms with Gasteiger partial charge in [-0.1, -0.05) is 6.92 Å². The number of hydrogen-bond acceptors (Lipinski definition) is 3. The summed E-state index contributed by atoms with van der Waals surface area (Å²) in [6, 6.07) is 0.272. The number of rotatable bonds is 5. The van der Waals surface area contributed by atoms with Crippen molar-refractivity contribution in [3.8, 4) is 0 Å². The fraction of sp³-hybridized carbons (Fsp3) is 0.909. The van der Waals surface area contributed by atoms with Gasteiger partial charge in [-0.05, 0) is 37.3 Å². The third kappa shape index (κ3) is 4.61. The maximum absolute atomic E-state index is 10.9. The molecule has 1 rings (SSSR count). The minimum Gasteiger partial charge on any atom is -0.351 e. The van der Waals surface area contributed by atoms with E-state index in [-0.39, 0.29) is 6.03 Å². The lowest BCUT2D eigenvalue weighted by molar-refractivity contribution is 0.184. The zero-order chi connectivity index (χ0) is 12.0. The van der Waals surface area contributed by atoms with E-state index >= 15 is 0 Å². The minimum absolute atomic E-state index is 0.283. The molecule has 0 saturated carbocycles. The van der Waals surface area contributed by atoms with Crippen molar-refractivity contribution in [2.45, 2.75) is 25.8 Å². The number of urea groups is 1. The molecule has 1 saturated heterocycles. The van der Waals surface area contributed by atoms with Crippen LogP contribution in [0.5, 0.6) is 0 Å². The largest absolute Gasteiger partial charge is 0.351 e. The molecule has 0 spiro atoms. The van der Waals surface area contributed by atoms with E-state index in [0.717, 1.165) is 32.5 Å². The molecule has 16 heavy (non-hydrogen) atoms. The van der Waals surface area contributed by atoms with Crippen molar-refractivity contribution in [3.05, 3.63) is 0 Å². The van der Waals surface area contributed by atoms with Crippen LogP contribution in [-0.4, -0.2) is 48.6 Å². The molecule has 0 aromatic heterocycles. The monoisotopic (exact) mass is 245 g/mol. The van der Waals surface area contributed by atoms with E-state index in [1.807, 2.05) is 11.8 Å². The van der Waals surface area contributed by atoms with Gasteiger partial charge in [0.1, 0.15) is 0 Å². The molecule has 1 aliphatic heterocycles. The number of primary amides is 1. The highest BCUT2D eigenvalue weighted by Gasteiger charge is 2.20. The van der Waals surface area contributed by atoms with Gasteiger partial charge in [-0.2, -0.15) is 11.8 Å². The van der Waals surface area contributed by atoms with Crippen molar-refractivity contribution in [3.63, 3.8) is 0 Å². The predicted octanol–water partition coefficient (Wildman–Crippen LogP) is 1.12. The number of likely N-dealkylation sites (tertiary alicyclic amines) is 1. The number of carbonyl (C=O) groups is 1. The van der Waals surface area contributed by atoms with Gasteiger partial charge in [0.25, 0.3) is 0 Å². The summed E-state index contributed by atoms with van der Waals surface area (Å²) in [6.07, 6.45) is 4.19. The Hall–Kier alpha value is -0.420. The van der Waals surface area contributed by atoms with Crippen LogP contribution in [0.2, 0.25) is 0 Å². The Morgan fingerprint density at radius 1 is 1.56 bits per heavy atom. The van der Waals surface area contributed by atoms with Crippen LogP contribution in [0.25, 0.3) is 0 Å². The number of piperidine rings is 1. The average Bonchev–Trinajstić information content (AvgIpc) is 2.27. The van der Waals surface area contributed by atoms with Crippen LogP contribution in [0.4, 0.5) is 4.79 Å². The first-order valence-corrected chi connectivity index (χ1v) is 7.29. The summed E-state index contributed by atoms with van der Waals surface area (Å²) in [4.78, 5) is 12.7. The van der Waals surface area contributed by atoms with Gasteiger partial charge < -0.3 is 16.0 Å². The summed E-state index contributed by atoms with van der Waals surface area (Å²) < 4.78 is 0. The highest BCUT2D eigenvalue weighted by atomic mass is 32.2. The quantitative estimate of drug-likeness (QED) is 0.763. The molecule has 0 aromatic carbocycles. The molecule has 1 atom stereocenters. The van der Waals surface area contributed by atoms with Crippen molar-refractivity contribution >= 4 is 17.8 Å². The van der Waals surface area contributed by atoms with Crippen molar-refractivity contribution in [2.24, 2.45) is 11.7 Å². The van der Waals surface area contributed by atoms with Crippen molar-refractivity contribution in [1.29, 1.82) is 0 Å². The lowest BCUT2D eigenvalue weighted by Crippen LogP contribution is -2.47. The van der Waals surface area contributed by atoms with Crippen LogP contribution >= 0.6 is 11.8 Å². The Morgan fingerprint density at radius 3 is 2.69 bits per heavy atom. The van der Waals surface area contributed by atoms with E-state index in [9.17, 15) is 4.79 Å². The van der Waals surface area contributed by atoms with Gasteiger partial charge in [-0.15, -0.1) is 0 Å². The first kappa shape index (κ1) is 13.6. The zero-order valence-electron chi connectivity index (χ0n) is 10.2. The van der Waals surface area contributed by atoms with Crippen LogP contribution in [0.3, 0.4) is 0 Å². The lowest BCUT2D eigenvalue weighted by atomic mass is 10.0. The molecule has 94 valence electrons. The summed E-state index contributed by atoms with van der Waals surface area (Å²) in [5.41, 5.74) is 5.24. The average molecular weight is 245 g/mol. The van der Waals surface area contributed by atoms with Gasteiger partial charge in [-0.3, -0.25) is 0 Å². The van der Waals surface area contributed by atoms with Crippen molar-refractivity contribution in [1.82, 2.24) is 10.2 Å². The Bertz CT molecular complexity index is 217. The third-order valence-electron chi connectivity index (χ3n) is 3.01. The number of amides is 2. The van der Waals surface area contributed by atoms with E-state index in [1.54, 1.807) is 4.90 Å². The van der Waals surface area contributed by atoms with Crippen LogP contribution in [0.15, 0.2) is 0 Å². The van der Waals surface area contributed by atoms with E-state index < -0.39 is 0 Å². The second-order valence-corrected chi connectivity index (χ2v) is 5.48. The fourth-order valence-corrected chi connectivity index (χ4v) is 2.70. The SMILES string of the molecule is CSCC(C)CNC1CCN(C(N)=O)CC1. The summed E-state index contributed by atoms with van der Waals surface area (Å²) in [5.74, 6) is 1.91. The van der Waals surface area contributed by atoms with Gasteiger partial charge in [0.15, 0.2) is 0 Å². The maximum Gasteiger partial charge on any atom is 0.314 e. The van der Waals surface area contributed by atoms with Crippen LogP contribution < -0.4 is 11.1 Å². The van der Waals surface area contributed by atoms with Gasteiger partial charge in [0.05, 0.1) is 0 Å². The number of carbonyl (C=O) groups excluding carboxylic acids is 1. The highest BCUT2D eigenvalue weighted by molar-refractivity contribution is 7.98. The van der Waals surface area contributed by atoms with Gasteiger partial charge in [0, 0.05) is 19.1 Å². The van der Waals surface area contributed by atoms with Gasteiger partial charge >= 0.3 is 6.03 Å². The normalized spacial score (nSPS) is 19.8. The standard InChI is InChI=1S/C11H23N3OS/c1-9(8-16-2)7-13-10-3-5-14(6-4-10)11(12)15/h9-10,13H,3-8H2,1-2H3,(H2,12,15). The molecule has 1 unspecified atom stereocenters. The molecule has 3 N–H and O–H groups in total. The number of thioether (sulfide) groups is 1. The summed E-state index contributed by atoms with van der Waals surface area (Å²) in [6.45, 7) is 4.93. The molecular formula is C11H23N3OS. The molecule has 0 bridgehead atoms. The molecule has 5 heteroatoms. The van der Waals surface area contributed by atoms with E-state index in [0.29, 0.717) is 12.0 Å². The zero-order valence-corrected chi connectivity index (χ0v) is 11.1. The number of nitrogens with one attached hydrogen (secondary N) is 1. The maximum atomic E-state index is 10.9. The third-order valence-corrected chi connectivity index (χ3v) is 3.92. The topological polar surface area (TPSA) is 58.4 Å². The van der Waals surface area contributed by atoms with Crippen molar-refractivity contribution < 1.29 is 4.79 Å². The highest BCUT2D eigenvalue weighted by Crippen LogP contribution is 2.11. The molecule has 1 aliphatic rings. The molecule has 1 heterocycles. The first-order valence-electron chi connectivity index (χ1n) is 5.90.